The number of carbonyl (C=O) groups excluding carboxylic acids is 2. The predicted molar refractivity (Wildman–Crippen MR) is 111 cm³/mol. The molecule has 1 radical (unpaired) electrons. The zero-order chi connectivity index (χ0) is 22.1. The van der Waals surface area contributed by atoms with Gasteiger partial charge in [0.25, 0.3) is 0 Å². The van der Waals surface area contributed by atoms with E-state index in [4.69, 9.17) is 4.55 Å². The van der Waals surface area contributed by atoms with Crippen LogP contribution in [-0.4, -0.2) is 104 Å². The zero-order valence-electron chi connectivity index (χ0n) is 18.3. The quantitative estimate of drug-likeness (QED) is 0.403. The Hall–Kier alpha value is 0.506. The molecule has 10 heteroatoms. The van der Waals surface area contributed by atoms with Crippen molar-refractivity contribution in [3.8, 4) is 0 Å². The van der Waals surface area contributed by atoms with E-state index in [1.54, 1.807) is 13.0 Å². The fourth-order valence-electron chi connectivity index (χ4n) is 7.40. The SMILES string of the molecule is C[C@]12CCC(=O)C=C1CC[C@@H]1[C@@H]2[C@@H](O)C[C@@]2(C)[C@H]1CC[C@]2(O)C(=O)COS(=O)(=O)O.[K]. The van der Waals surface area contributed by atoms with Crippen LogP contribution in [0.15, 0.2) is 11.6 Å². The van der Waals surface area contributed by atoms with Crippen LogP contribution in [0.25, 0.3) is 0 Å². The summed E-state index contributed by atoms with van der Waals surface area (Å²) in [6.07, 6.45) is 4.67. The van der Waals surface area contributed by atoms with Gasteiger partial charge in [-0.2, -0.15) is 8.42 Å². The number of carbonyl (C=O) groups is 2. The Kier molecular flexibility index (Phi) is 7.26. The zero-order valence-corrected chi connectivity index (χ0v) is 22.3. The van der Waals surface area contributed by atoms with Gasteiger partial charge in [0.15, 0.2) is 11.6 Å². The van der Waals surface area contributed by atoms with Crippen molar-refractivity contribution < 1.29 is 37.0 Å². The van der Waals surface area contributed by atoms with Gasteiger partial charge < -0.3 is 10.2 Å². The van der Waals surface area contributed by atoms with Crippen LogP contribution < -0.4 is 0 Å². The summed E-state index contributed by atoms with van der Waals surface area (Å²) in [5.41, 5.74) is -1.91. The molecule has 4 rings (SSSR count). The van der Waals surface area contributed by atoms with Crippen molar-refractivity contribution in [3.63, 3.8) is 0 Å². The van der Waals surface area contributed by atoms with E-state index in [1.807, 2.05) is 0 Å². The average Bonchev–Trinajstić information content (AvgIpc) is 2.91. The number of hydrogen-bond acceptors (Lipinski definition) is 7. The molecule has 4 aliphatic rings. The second kappa shape index (κ2) is 8.62. The Balaban J connectivity index is 0.00000272. The van der Waals surface area contributed by atoms with Crippen molar-refractivity contribution in [3.05, 3.63) is 11.6 Å². The fraction of sp³-hybridized carbons (Fsp3) is 0.810. The molecule has 3 fully saturated rings. The van der Waals surface area contributed by atoms with Gasteiger partial charge in [-0.15, -0.1) is 0 Å². The maximum absolute atomic E-state index is 12.8. The molecule has 0 amide bonds. The van der Waals surface area contributed by atoms with Gasteiger partial charge in [0.05, 0.1) is 6.10 Å². The first-order valence-electron chi connectivity index (χ1n) is 10.6. The Morgan fingerprint density at radius 3 is 2.55 bits per heavy atom. The van der Waals surface area contributed by atoms with Gasteiger partial charge in [-0.1, -0.05) is 19.4 Å². The molecule has 0 aromatic rings. The van der Waals surface area contributed by atoms with Gasteiger partial charge in [0.2, 0.25) is 0 Å². The molecule has 0 aromatic carbocycles. The molecular formula is C21H30KO8S. The van der Waals surface area contributed by atoms with Gasteiger partial charge >= 0.3 is 10.4 Å². The Bertz CT molecular complexity index is 916. The average molecular weight is 482 g/mol. The van der Waals surface area contributed by atoms with Gasteiger partial charge in [-0.25, -0.2) is 4.18 Å². The maximum Gasteiger partial charge on any atom is 0.397 e. The van der Waals surface area contributed by atoms with Crippen molar-refractivity contribution in [1.82, 2.24) is 0 Å². The first kappa shape index (κ1) is 26.1. The van der Waals surface area contributed by atoms with Crippen LogP contribution in [0.2, 0.25) is 0 Å². The monoisotopic (exact) mass is 481 g/mol. The number of hydrogen-bond donors (Lipinski definition) is 3. The van der Waals surface area contributed by atoms with E-state index in [-0.39, 0.29) is 93.2 Å². The number of aliphatic hydroxyl groups excluding tert-OH is 1. The molecular weight excluding hydrogens is 451 g/mol. The number of ketones is 2. The van der Waals surface area contributed by atoms with Crippen molar-refractivity contribution in [1.29, 1.82) is 0 Å². The van der Waals surface area contributed by atoms with E-state index in [2.05, 4.69) is 11.1 Å². The largest absolute Gasteiger partial charge is 0.397 e. The molecule has 0 saturated heterocycles. The predicted octanol–water partition coefficient (Wildman–Crippen LogP) is 1.23. The van der Waals surface area contributed by atoms with Crippen LogP contribution in [-0.2, 0) is 24.2 Å². The second-order valence-electron chi connectivity index (χ2n) is 10.1. The van der Waals surface area contributed by atoms with Gasteiger partial charge in [-0.05, 0) is 67.8 Å². The summed E-state index contributed by atoms with van der Waals surface area (Å²) < 4.78 is 34.8. The third-order valence-corrected chi connectivity index (χ3v) is 9.26. The molecule has 169 valence electrons. The second-order valence-corrected chi connectivity index (χ2v) is 11.2. The number of fused-ring (bicyclic) bond motifs is 5. The molecule has 0 aromatic heterocycles. The summed E-state index contributed by atoms with van der Waals surface area (Å²) in [5.74, 6) is -0.618. The molecule has 4 aliphatic carbocycles. The minimum Gasteiger partial charge on any atom is -0.393 e. The van der Waals surface area contributed by atoms with Crippen LogP contribution in [0, 0.1) is 28.6 Å². The summed E-state index contributed by atoms with van der Waals surface area (Å²) in [4.78, 5) is 24.7. The summed E-state index contributed by atoms with van der Waals surface area (Å²) in [7, 11) is -4.80. The summed E-state index contributed by atoms with van der Waals surface area (Å²) in [6, 6.07) is 0. The summed E-state index contributed by atoms with van der Waals surface area (Å²) >= 11 is 0. The molecule has 0 spiro atoms. The molecule has 0 bridgehead atoms. The summed E-state index contributed by atoms with van der Waals surface area (Å²) in [6.45, 7) is 2.99. The van der Waals surface area contributed by atoms with Gasteiger partial charge in [0.1, 0.15) is 12.2 Å². The first-order valence-corrected chi connectivity index (χ1v) is 12.0. The molecule has 0 aliphatic heterocycles. The molecule has 0 unspecified atom stereocenters. The van der Waals surface area contributed by atoms with E-state index >= 15 is 0 Å². The molecule has 0 heterocycles. The Morgan fingerprint density at radius 1 is 1.23 bits per heavy atom. The van der Waals surface area contributed by atoms with E-state index in [0.717, 1.165) is 18.4 Å². The van der Waals surface area contributed by atoms with Crippen LogP contribution in [0.1, 0.15) is 58.8 Å². The van der Waals surface area contributed by atoms with E-state index in [9.17, 15) is 28.2 Å². The van der Waals surface area contributed by atoms with Crippen molar-refractivity contribution in [2.45, 2.75) is 70.5 Å². The van der Waals surface area contributed by atoms with E-state index < -0.39 is 39.9 Å². The van der Waals surface area contributed by atoms with Crippen molar-refractivity contribution in [2.24, 2.45) is 28.6 Å². The van der Waals surface area contributed by atoms with Gasteiger partial charge in [-0.3, -0.25) is 14.1 Å². The van der Waals surface area contributed by atoms with Crippen LogP contribution >= 0.6 is 0 Å². The molecule has 3 N–H and O–H groups in total. The smallest absolute Gasteiger partial charge is 0.393 e. The van der Waals surface area contributed by atoms with E-state index in [0.29, 0.717) is 19.3 Å². The minimum absolute atomic E-state index is 0. The molecule has 7 atom stereocenters. The maximum atomic E-state index is 12.8. The third kappa shape index (κ3) is 4.13. The Morgan fingerprint density at radius 2 is 1.90 bits per heavy atom. The van der Waals surface area contributed by atoms with Crippen molar-refractivity contribution >= 4 is 73.4 Å². The van der Waals surface area contributed by atoms with Gasteiger partial charge in [0, 0.05) is 63.2 Å². The number of aliphatic hydroxyl groups is 2. The Labute approximate surface area is 225 Å². The normalized spacial score (nSPS) is 44.4. The number of Topliss-reactive ketones (excluding diaryl/α,β-unsaturated/α-hetero) is 1. The number of allylic oxidation sites excluding steroid dienone is 1. The van der Waals surface area contributed by atoms with Crippen LogP contribution in [0.3, 0.4) is 0 Å². The summed E-state index contributed by atoms with van der Waals surface area (Å²) in [5, 5.41) is 22.6. The molecule has 8 nitrogen and oxygen atoms in total. The number of rotatable bonds is 4. The van der Waals surface area contributed by atoms with Crippen molar-refractivity contribution in [2.75, 3.05) is 6.61 Å². The molecule has 31 heavy (non-hydrogen) atoms. The topological polar surface area (TPSA) is 138 Å². The first-order chi connectivity index (χ1) is 13.8. The minimum atomic E-state index is -4.80. The molecule has 3 saturated carbocycles. The van der Waals surface area contributed by atoms with Crippen LogP contribution in [0.5, 0.6) is 0 Å². The standard InChI is InChI=1S/C21H30O8S.K/c1-19-7-5-13(22)9-12(19)3-4-14-15-6-8-21(25,17(24)11-29-30(26,27)28)20(15,2)10-16(23)18(14)19;/h9,14-16,18,23,25H,3-8,10-11H2,1-2H3,(H,26,27,28);/t14-,15-,16-,18+,19-,20-,21-;/m0./s1. The van der Waals surface area contributed by atoms with E-state index in [1.165, 1.54) is 0 Å². The fourth-order valence-corrected chi connectivity index (χ4v) is 7.65. The third-order valence-electron chi connectivity index (χ3n) is 8.85. The van der Waals surface area contributed by atoms with Crippen LogP contribution in [0.4, 0.5) is 0 Å².